The van der Waals surface area contributed by atoms with Crippen molar-refractivity contribution < 1.29 is 9.90 Å². The van der Waals surface area contributed by atoms with Gasteiger partial charge in [0.05, 0.1) is 6.04 Å². The summed E-state index contributed by atoms with van der Waals surface area (Å²) in [5, 5.41) is 13.2. The minimum atomic E-state index is -0.712. The van der Waals surface area contributed by atoms with Gasteiger partial charge < -0.3 is 5.11 Å². The highest BCUT2D eigenvalue weighted by molar-refractivity contribution is 7.17. The van der Waals surface area contributed by atoms with Crippen molar-refractivity contribution in [2.45, 2.75) is 31.8 Å². The first kappa shape index (κ1) is 16.3. The van der Waals surface area contributed by atoms with Crippen molar-refractivity contribution in [3.8, 4) is 0 Å². The van der Waals surface area contributed by atoms with Gasteiger partial charge >= 0.3 is 5.97 Å². The number of hydrogen-bond donors (Lipinski definition) is 1. The van der Waals surface area contributed by atoms with E-state index in [0.717, 1.165) is 19.4 Å². The summed E-state index contributed by atoms with van der Waals surface area (Å²) < 4.78 is 1.25. The van der Waals surface area contributed by atoms with E-state index in [0.29, 0.717) is 0 Å². The number of carboxylic acid groups (broad SMARTS) is 1. The highest BCUT2D eigenvalue weighted by Gasteiger charge is 2.38. The Kier molecular flexibility index (Phi) is 4.32. The number of rotatable bonds is 4. The van der Waals surface area contributed by atoms with Gasteiger partial charge in [-0.2, -0.15) is 0 Å². The van der Waals surface area contributed by atoms with E-state index in [1.165, 1.54) is 26.8 Å². The molecule has 128 valence electrons. The second-order valence-electron chi connectivity index (χ2n) is 6.68. The van der Waals surface area contributed by atoms with Crippen LogP contribution in [0.1, 0.15) is 35.6 Å². The maximum Gasteiger partial charge on any atom is 0.320 e. The molecule has 4 rings (SSSR count). The zero-order chi connectivity index (χ0) is 17.4. The summed E-state index contributed by atoms with van der Waals surface area (Å²) in [5.41, 5.74) is 3.64. The van der Waals surface area contributed by atoms with Gasteiger partial charge in [-0.15, -0.1) is 11.3 Å². The Hall–Kier alpha value is -2.17. The molecule has 25 heavy (non-hydrogen) atoms. The maximum absolute atomic E-state index is 11.8. The molecule has 1 N–H and O–H groups in total. The van der Waals surface area contributed by atoms with Gasteiger partial charge in [-0.05, 0) is 53.3 Å². The number of aryl methyl sites for hydroxylation is 1. The molecular weight excluding hydrogens is 330 g/mol. The van der Waals surface area contributed by atoms with E-state index in [1.807, 2.05) is 6.07 Å². The lowest BCUT2D eigenvalue weighted by Crippen LogP contribution is -2.39. The Morgan fingerprint density at radius 2 is 1.92 bits per heavy atom. The smallest absolute Gasteiger partial charge is 0.320 e. The number of aliphatic carboxylic acids is 1. The summed E-state index contributed by atoms with van der Waals surface area (Å²) >= 11 is 1.74. The third kappa shape index (κ3) is 2.86. The molecule has 0 amide bonds. The van der Waals surface area contributed by atoms with Crippen molar-refractivity contribution in [2.75, 3.05) is 6.54 Å². The number of carboxylic acids is 1. The molecule has 3 aromatic rings. The van der Waals surface area contributed by atoms with Gasteiger partial charge in [0.25, 0.3) is 0 Å². The zero-order valence-corrected chi connectivity index (χ0v) is 15.0. The van der Waals surface area contributed by atoms with Crippen LogP contribution in [0.5, 0.6) is 0 Å². The highest BCUT2D eigenvalue weighted by atomic mass is 32.1. The van der Waals surface area contributed by atoms with Crippen LogP contribution in [0.3, 0.4) is 0 Å². The van der Waals surface area contributed by atoms with E-state index in [1.54, 1.807) is 11.3 Å². The molecular formula is C21H21NO2S. The van der Waals surface area contributed by atoms with Gasteiger partial charge in [0.2, 0.25) is 0 Å². The molecule has 2 heterocycles. The lowest BCUT2D eigenvalue weighted by atomic mass is 9.92. The first-order valence-corrected chi connectivity index (χ1v) is 9.55. The van der Waals surface area contributed by atoms with Crippen molar-refractivity contribution in [3.05, 3.63) is 70.6 Å². The van der Waals surface area contributed by atoms with Crippen LogP contribution in [0.2, 0.25) is 0 Å². The lowest BCUT2D eigenvalue weighted by molar-refractivity contribution is -0.142. The molecule has 1 aromatic heterocycles. The van der Waals surface area contributed by atoms with Gasteiger partial charge in [0.1, 0.15) is 6.04 Å². The minimum absolute atomic E-state index is 0.0130. The molecule has 1 saturated heterocycles. The van der Waals surface area contributed by atoms with E-state index < -0.39 is 12.0 Å². The van der Waals surface area contributed by atoms with Crippen LogP contribution in [-0.4, -0.2) is 28.6 Å². The quantitative estimate of drug-likeness (QED) is 0.730. The second kappa shape index (κ2) is 6.62. The summed E-state index contributed by atoms with van der Waals surface area (Å²) in [5.74, 6) is -0.712. The summed E-state index contributed by atoms with van der Waals surface area (Å²) in [6.45, 7) is 2.93. The normalized spacial score (nSPS) is 19.3. The summed E-state index contributed by atoms with van der Waals surface area (Å²) in [6, 6.07) is 16.3. The van der Waals surface area contributed by atoms with Gasteiger partial charge in [0.15, 0.2) is 0 Å². The third-order valence-corrected chi connectivity index (χ3v) is 6.18. The monoisotopic (exact) mass is 351 g/mol. The largest absolute Gasteiger partial charge is 0.480 e. The van der Waals surface area contributed by atoms with Crippen LogP contribution >= 0.6 is 11.3 Å². The van der Waals surface area contributed by atoms with Crippen molar-refractivity contribution in [3.63, 3.8) is 0 Å². The number of benzene rings is 2. The Bertz CT molecular complexity index is 917. The SMILES string of the molecule is Cc1ccccc1C(c1csc2ccccc12)N1CCCC1C(=O)O. The van der Waals surface area contributed by atoms with E-state index >= 15 is 0 Å². The number of carbonyl (C=O) groups is 1. The number of nitrogens with zero attached hydrogens (tertiary/aromatic N) is 1. The molecule has 0 radical (unpaired) electrons. The Balaban J connectivity index is 1.90. The fourth-order valence-corrected chi connectivity index (χ4v) is 4.97. The predicted octanol–water partition coefficient (Wildman–Crippen LogP) is 4.85. The Labute approximate surface area is 151 Å². The zero-order valence-electron chi connectivity index (χ0n) is 14.2. The van der Waals surface area contributed by atoms with Crippen molar-refractivity contribution in [1.82, 2.24) is 4.90 Å². The van der Waals surface area contributed by atoms with E-state index in [2.05, 4.69) is 59.7 Å². The molecule has 1 aliphatic rings. The molecule has 2 aromatic carbocycles. The molecule has 2 unspecified atom stereocenters. The number of fused-ring (bicyclic) bond motifs is 1. The molecule has 3 nitrogen and oxygen atoms in total. The van der Waals surface area contributed by atoms with Crippen molar-refractivity contribution in [2.24, 2.45) is 0 Å². The standard InChI is InChI=1S/C21H21NO2S/c1-14-7-2-3-8-15(14)20(22-12-6-10-18(22)21(23)24)17-13-25-19-11-5-4-9-16(17)19/h2-5,7-9,11,13,18,20H,6,10,12H2,1H3,(H,23,24). The van der Waals surface area contributed by atoms with Crippen LogP contribution in [0.25, 0.3) is 10.1 Å². The van der Waals surface area contributed by atoms with Crippen LogP contribution < -0.4 is 0 Å². The third-order valence-electron chi connectivity index (χ3n) is 5.20. The van der Waals surface area contributed by atoms with Crippen LogP contribution in [-0.2, 0) is 4.79 Å². The van der Waals surface area contributed by atoms with Crippen LogP contribution in [0, 0.1) is 6.92 Å². The van der Waals surface area contributed by atoms with Crippen LogP contribution in [0.4, 0.5) is 0 Å². The predicted molar refractivity (Wildman–Crippen MR) is 102 cm³/mol. The van der Waals surface area contributed by atoms with Gasteiger partial charge in [-0.1, -0.05) is 42.5 Å². The van der Waals surface area contributed by atoms with E-state index in [4.69, 9.17) is 0 Å². The maximum atomic E-state index is 11.8. The van der Waals surface area contributed by atoms with Crippen molar-refractivity contribution >= 4 is 27.4 Å². The number of likely N-dealkylation sites (tertiary alicyclic amines) is 1. The molecule has 0 bridgehead atoms. The molecule has 0 saturated carbocycles. The van der Waals surface area contributed by atoms with Gasteiger partial charge in [-0.3, -0.25) is 9.69 Å². The van der Waals surface area contributed by atoms with E-state index in [9.17, 15) is 9.90 Å². The Morgan fingerprint density at radius 3 is 2.72 bits per heavy atom. The average Bonchev–Trinajstić information content (AvgIpc) is 3.25. The van der Waals surface area contributed by atoms with Crippen LogP contribution in [0.15, 0.2) is 53.9 Å². The lowest BCUT2D eigenvalue weighted by Gasteiger charge is -2.32. The minimum Gasteiger partial charge on any atom is -0.480 e. The van der Waals surface area contributed by atoms with Crippen molar-refractivity contribution in [1.29, 1.82) is 0 Å². The average molecular weight is 351 g/mol. The molecule has 0 aliphatic carbocycles. The molecule has 4 heteroatoms. The molecule has 0 spiro atoms. The summed E-state index contributed by atoms with van der Waals surface area (Å²) in [6.07, 6.45) is 1.65. The highest BCUT2D eigenvalue weighted by Crippen LogP contribution is 2.41. The fraction of sp³-hybridized carbons (Fsp3) is 0.286. The van der Waals surface area contributed by atoms with Gasteiger partial charge in [0, 0.05) is 11.2 Å². The Morgan fingerprint density at radius 1 is 1.16 bits per heavy atom. The number of thiophene rings is 1. The summed E-state index contributed by atoms with van der Waals surface area (Å²) in [7, 11) is 0. The van der Waals surface area contributed by atoms with E-state index in [-0.39, 0.29) is 6.04 Å². The number of hydrogen-bond acceptors (Lipinski definition) is 3. The fourth-order valence-electron chi connectivity index (χ4n) is 3.99. The van der Waals surface area contributed by atoms with Gasteiger partial charge in [-0.25, -0.2) is 0 Å². The summed E-state index contributed by atoms with van der Waals surface area (Å²) in [4.78, 5) is 14.0. The molecule has 1 fully saturated rings. The second-order valence-corrected chi connectivity index (χ2v) is 7.59. The topological polar surface area (TPSA) is 40.5 Å². The molecule has 1 aliphatic heterocycles. The first-order chi connectivity index (χ1) is 12.2. The molecule has 2 atom stereocenters. The first-order valence-electron chi connectivity index (χ1n) is 8.67.